The molecule has 4 nitrogen and oxygen atoms in total. The molecule has 0 amide bonds. The van der Waals surface area contributed by atoms with E-state index in [9.17, 15) is 0 Å². The SMILES string of the molecule is c1csc(-c2cnc(CSc3nc4ccccc4[nH]3)o2)c1. The Bertz CT molecular complexity index is 831. The summed E-state index contributed by atoms with van der Waals surface area (Å²) in [5.41, 5.74) is 2.03. The molecule has 0 saturated carbocycles. The highest BCUT2D eigenvalue weighted by atomic mass is 32.2. The van der Waals surface area contributed by atoms with Gasteiger partial charge in [0.2, 0.25) is 5.89 Å². The van der Waals surface area contributed by atoms with Crippen molar-refractivity contribution in [2.24, 2.45) is 0 Å². The van der Waals surface area contributed by atoms with Crippen LogP contribution in [0.4, 0.5) is 0 Å². The van der Waals surface area contributed by atoms with Gasteiger partial charge in [-0.25, -0.2) is 9.97 Å². The average molecular weight is 313 g/mol. The number of imidazole rings is 1. The molecule has 3 aromatic heterocycles. The predicted octanol–water partition coefficient (Wildman–Crippen LogP) is 4.57. The molecule has 1 aromatic carbocycles. The summed E-state index contributed by atoms with van der Waals surface area (Å²) in [7, 11) is 0. The van der Waals surface area contributed by atoms with E-state index in [-0.39, 0.29) is 0 Å². The third-order valence-corrected chi connectivity index (χ3v) is 4.76. The Labute approximate surface area is 129 Å². The fraction of sp³-hybridized carbons (Fsp3) is 0.0667. The minimum Gasteiger partial charge on any atom is -0.439 e. The number of para-hydroxylation sites is 2. The van der Waals surface area contributed by atoms with Crippen LogP contribution in [0.25, 0.3) is 21.7 Å². The maximum Gasteiger partial charge on any atom is 0.205 e. The largest absolute Gasteiger partial charge is 0.439 e. The van der Waals surface area contributed by atoms with Crippen LogP contribution in [0.5, 0.6) is 0 Å². The van der Waals surface area contributed by atoms with Crippen LogP contribution in [0.3, 0.4) is 0 Å². The lowest BCUT2D eigenvalue weighted by molar-refractivity contribution is 0.531. The number of nitrogens with zero attached hydrogens (tertiary/aromatic N) is 2. The zero-order valence-corrected chi connectivity index (χ0v) is 12.6. The molecule has 0 unspecified atom stereocenters. The molecule has 1 N–H and O–H groups in total. The number of fused-ring (bicyclic) bond motifs is 1. The van der Waals surface area contributed by atoms with Crippen molar-refractivity contribution in [1.82, 2.24) is 15.0 Å². The van der Waals surface area contributed by atoms with E-state index in [1.165, 1.54) is 0 Å². The van der Waals surface area contributed by atoms with Gasteiger partial charge in [0.05, 0.1) is 27.9 Å². The lowest BCUT2D eigenvalue weighted by Crippen LogP contribution is -1.80. The van der Waals surface area contributed by atoms with Crippen LogP contribution in [0.15, 0.2) is 57.5 Å². The minimum atomic E-state index is 0.658. The molecule has 0 atom stereocenters. The highest BCUT2D eigenvalue weighted by molar-refractivity contribution is 7.98. The summed E-state index contributed by atoms with van der Waals surface area (Å²) in [6.45, 7) is 0. The molecule has 3 heterocycles. The van der Waals surface area contributed by atoms with Crippen LogP contribution < -0.4 is 0 Å². The molecule has 0 spiro atoms. The fourth-order valence-electron chi connectivity index (χ4n) is 2.04. The Kier molecular flexibility index (Phi) is 3.25. The van der Waals surface area contributed by atoms with Gasteiger partial charge in [0.25, 0.3) is 0 Å². The van der Waals surface area contributed by atoms with E-state index in [1.54, 1.807) is 29.3 Å². The number of H-pyrrole nitrogens is 1. The van der Waals surface area contributed by atoms with Crippen LogP contribution in [0.2, 0.25) is 0 Å². The second-order valence-corrected chi connectivity index (χ2v) is 6.36. The number of rotatable bonds is 4. The van der Waals surface area contributed by atoms with Crippen LogP contribution >= 0.6 is 23.1 Å². The van der Waals surface area contributed by atoms with E-state index in [0.29, 0.717) is 11.6 Å². The van der Waals surface area contributed by atoms with Crippen molar-refractivity contribution in [2.45, 2.75) is 10.9 Å². The molecule has 0 aliphatic heterocycles. The number of nitrogens with one attached hydrogen (secondary N) is 1. The summed E-state index contributed by atoms with van der Waals surface area (Å²) in [5, 5.41) is 2.91. The minimum absolute atomic E-state index is 0.658. The number of aromatic nitrogens is 3. The van der Waals surface area contributed by atoms with Crippen molar-refractivity contribution in [3.8, 4) is 10.6 Å². The number of hydrogen-bond donors (Lipinski definition) is 1. The molecule has 0 aliphatic carbocycles. The van der Waals surface area contributed by atoms with Crippen molar-refractivity contribution in [2.75, 3.05) is 0 Å². The molecule has 6 heteroatoms. The number of thiophene rings is 1. The normalized spacial score (nSPS) is 11.2. The second kappa shape index (κ2) is 5.38. The molecule has 21 heavy (non-hydrogen) atoms. The molecular weight excluding hydrogens is 302 g/mol. The van der Waals surface area contributed by atoms with Gasteiger partial charge in [-0.1, -0.05) is 30.0 Å². The summed E-state index contributed by atoms with van der Waals surface area (Å²) in [5.74, 6) is 2.19. The molecule has 0 radical (unpaired) electrons. The summed E-state index contributed by atoms with van der Waals surface area (Å²) in [6, 6.07) is 12.0. The molecule has 0 bridgehead atoms. The van der Waals surface area contributed by atoms with Crippen molar-refractivity contribution in [3.05, 3.63) is 53.9 Å². The van der Waals surface area contributed by atoms with E-state index >= 15 is 0 Å². The maximum absolute atomic E-state index is 5.76. The van der Waals surface area contributed by atoms with E-state index in [1.807, 2.05) is 41.8 Å². The quantitative estimate of drug-likeness (QED) is 0.561. The van der Waals surface area contributed by atoms with Crippen LogP contribution in [-0.2, 0) is 5.75 Å². The first-order valence-corrected chi connectivity index (χ1v) is 8.31. The summed E-state index contributed by atoms with van der Waals surface area (Å²) in [6.07, 6.45) is 1.78. The lowest BCUT2D eigenvalue weighted by atomic mass is 10.3. The summed E-state index contributed by atoms with van der Waals surface area (Å²) < 4.78 is 5.76. The smallest absolute Gasteiger partial charge is 0.205 e. The Balaban J connectivity index is 1.49. The molecule has 0 aliphatic rings. The Hall–Kier alpha value is -2.05. The first kappa shape index (κ1) is 12.7. The van der Waals surface area contributed by atoms with Crippen molar-refractivity contribution >= 4 is 34.1 Å². The monoisotopic (exact) mass is 313 g/mol. The van der Waals surface area contributed by atoms with Gasteiger partial charge in [-0.2, -0.15) is 0 Å². The van der Waals surface area contributed by atoms with Crippen LogP contribution in [0.1, 0.15) is 5.89 Å². The lowest BCUT2D eigenvalue weighted by Gasteiger charge is -1.93. The first-order chi connectivity index (χ1) is 10.4. The fourth-order valence-corrected chi connectivity index (χ4v) is 3.45. The second-order valence-electron chi connectivity index (χ2n) is 4.44. The van der Waals surface area contributed by atoms with Crippen LogP contribution in [0, 0.1) is 0 Å². The van der Waals surface area contributed by atoms with Gasteiger partial charge in [-0.05, 0) is 23.6 Å². The third-order valence-electron chi connectivity index (χ3n) is 3.02. The number of oxazole rings is 1. The van der Waals surface area contributed by atoms with E-state index in [0.717, 1.165) is 26.8 Å². The van der Waals surface area contributed by atoms with Crippen LogP contribution in [-0.4, -0.2) is 15.0 Å². The Morgan fingerprint density at radius 3 is 3.00 bits per heavy atom. The average Bonchev–Trinajstić information content (AvgIpc) is 3.23. The van der Waals surface area contributed by atoms with Gasteiger partial charge >= 0.3 is 0 Å². The van der Waals surface area contributed by atoms with Gasteiger partial charge in [-0.3, -0.25) is 0 Å². The highest BCUT2D eigenvalue weighted by Gasteiger charge is 2.09. The van der Waals surface area contributed by atoms with Gasteiger partial charge in [0.1, 0.15) is 0 Å². The molecule has 4 rings (SSSR count). The van der Waals surface area contributed by atoms with Crippen molar-refractivity contribution in [1.29, 1.82) is 0 Å². The van der Waals surface area contributed by atoms with Gasteiger partial charge < -0.3 is 9.40 Å². The molecule has 104 valence electrons. The topological polar surface area (TPSA) is 54.7 Å². The molecule has 4 aromatic rings. The molecule has 0 saturated heterocycles. The number of hydrogen-bond acceptors (Lipinski definition) is 5. The Morgan fingerprint density at radius 1 is 1.19 bits per heavy atom. The standard InChI is InChI=1S/C15H11N3OS2/c1-2-5-11-10(4-1)17-15(18-11)21-9-14-16-8-12(19-14)13-6-3-7-20-13/h1-8H,9H2,(H,17,18). The predicted molar refractivity (Wildman–Crippen MR) is 85.5 cm³/mol. The maximum atomic E-state index is 5.76. The van der Waals surface area contributed by atoms with E-state index < -0.39 is 0 Å². The Morgan fingerprint density at radius 2 is 2.14 bits per heavy atom. The third kappa shape index (κ3) is 2.59. The summed E-state index contributed by atoms with van der Waals surface area (Å²) in [4.78, 5) is 13.2. The van der Waals surface area contributed by atoms with Crippen molar-refractivity contribution in [3.63, 3.8) is 0 Å². The van der Waals surface area contributed by atoms with Gasteiger partial charge in [0, 0.05) is 0 Å². The summed E-state index contributed by atoms with van der Waals surface area (Å²) >= 11 is 3.24. The molecule has 0 fully saturated rings. The van der Waals surface area contributed by atoms with Gasteiger partial charge in [0.15, 0.2) is 10.9 Å². The first-order valence-electron chi connectivity index (χ1n) is 6.44. The zero-order chi connectivity index (χ0) is 14.1. The van der Waals surface area contributed by atoms with E-state index in [2.05, 4.69) is 15.0 Å². The van der Waals surface area contributed by atoms with Crippen molar-refractivity contribution < 1.29 is 4.42 Å². The number of thioether (sulfide) groups is 1. The highest BCUT2D eigenvalue weighted by Crippen LogP contribution is 2.28. The van der Waals surface area contributed by atoms with Gasteiger partial charge in [-0.15, -0.1) is 11.3 Å². The van der Waals surface area contributed by atoms with E-state index in [4.69, 9.17) is 4.42 Å². The number of benzene rings is 1. The number of aromatic amines is 1. The molecular formula is C15H11N3OS2. The zero-order valence-electron chi connectivity index (χ0n) is 10.9.